The van der Waals surface area contributed by atoms with Crippen LogP contribution in [-0.4, -0.2) is 19.8 Å². The maximum absolute atomic E-state index is 13.3. The summed E-state index contributed by atoms with van der Waals surface area (Å²) in [5.74, 6) is 1.24. The molecule has 1 aliphatic rings. The maximum Gasteiger partial charge on any atom is 0.231 e. The van der Waals surface area contributed by atoms with Crippen LogP contribution in [0.5, 0.6) is 17.2 Å². The zero-order chi connectivity index (χ0) is 16.2. The lowest BCUT2D eigenvalue weighted by Gasteiger charge is -2.09. The number of carbonyl (C=O) groups is 1. The molecule has 0 atom stereocenters. The van der Waals surface area contributed by atoms with Crippen molar-refractivity contribution in [3.05, 3.63) is 53.3 Å². The van der Waals surface area contributed by atoms with Crippen molar-refractivity contribution in [1.82, 2.24) is 5.32 Å². The summed E-state index contributed by atoms with van der Waals surface area (Å²) in [6.07, 6.45) is 0.0471. The number of nitrogens with one attached hydrogen (secondary N) is 1. The van der Waals surface area contributed by atoms with Crippen LogP contribution in [0.15, 0.2) is 36.4 Å². The first-order valence-corrected chi connectivity index (χ1v) is 7.13. The number of methoxy groups -OCH3 is 1. The summed E-state index contributed by atoms with van der Waals surface area (Å²) in [6.45, 7) is 0.567. The first-order valence-electron chi connectivity index (χ1n) is 7.13. The van der Waals surface area contributed by atoms with Crippen LogP contribution in [0.3, 0.4) is 0 Å². The molecule has 2 aromatic rings. The molecule has 0 unspecified atom stereocenters. The van der Waals surface area contributed by atoms with Gasteiger partial charge in [0.2, 0.25) is 12.7 Å². The first-order chi connectivity index (χ1) is 11.2. The monoisotopic (exact) mass is 317 g/mol. The maximum atomic E-state index is 13.3. The van der Waals surface area contributed by atoms with E-state index in [1.54, 1.807) is 6.07 Å². The number of benzene rings is 2. The van der Waals surface area contributed by atoms with E-state index in [1.807, 2.05) is 12.1 Å². The van der Waals surface area contributed by atoms with E-state index in [4.69, 9.17) is 14.2 Å². The molecule has 1 heterocycles. The third-order valence-electron chi connectivity index (χ3n) is 3.52. The number of ether oxygens (including phenoxy) is 3. The largest absolute Gasteiger partial charge is 0.496 e. The molecule has 0 radical (unpaired) electrons. The minimum Gasteiger partial charge on any atom is -0.496 e. The van der Waals surface area contributed by atoms with Crippen molar-refractivity contribution in [2.24, 2.45) is 0 Å². The Kier molecular flexibility index (Phi) is 4.32. The van der Waals surface area contributed by atoms with Gasteiger partial charge in [-0.15, -0.1) is 0 Å². The molecule has 0 bridgehead atoms. The van der Waals surface area contributed by atoms with E-state index in [0.717, 1.165) is 5.56 Å². The quantitative estimate of drug-likeness (QED) is 0.920. The van der Waals surface area contributed by atoms with E-state index < -0.39 is 5.82 Å². The predicted octanol–water partition coefficient (Wildman–Crippen LogP) is 2.42. The smallest absolute Gasteiger partial charge is 0.231 e. The Morgan fingerprint density at radius 2 is 2.04 bits per heavy atom. The first kappa shape index (κ1) is 15.1. The average Bonchev–Trinajstić information content (AvgIpc) is 3.01. The number of fused-ring (bicyclic) bond motifs is 1. The van der Waals surface area contributed by atoms with Gasteiger partial charge in [-0.1, -0.05) is 6.07 Å². The normalized spacial score (nSPS) is 12.1. The molecule has 0 aromatic heterocycles. The predicted molar refractivity (Wildman–Crippen MR) is 81.1 cm³/mol. The summed E-state index contributed by atoms with van der Waals surface area (Å²) < 4.78 is 29.0. The van der Waals surface area contributed by atoms with Crippen LogP contribution < -0.4 is 19.5 Å². The molecule has 3 rings (SSSR count). The van der Waals surface area contributed by atoms with Crippen LogP contribution in [-0.2, 0) is 17.8 Å². The van der Waals surface area contributed by atoms with E-state index >= 15 is 0 Å². The van der Waals surface area contributed by atoms with Crippen molar-refractivity contribution in [1.29, 1.82) is 0 Å². The Morgan fingerprint density at radius 3 is 2.87 bits per heavy atom. The summed E-state index contributed by atoms with van der Waals surface area (Å²) >= 11 is 0. The van der Waals surface area contributed by atoms with Crippen LogP contribution in [0.4, 0.5) is 4.39 Å². The molecule has 0 saturated carbocycles. The van der Waals surface area contributed by atoms with E-state index in [2.05, 4.69) is 5.32 Å². The van der Waals surface area contributed by atoms with Crippen molar-refractivity contribution in [3.63, 3.8) is 0 Å². The van der Waals surface area contributed by atoms with Gasteiger partial charge in [0.25, 0.3) is 0 Å². The molecular formula is C17H16FNO4. The molecule has 1 N–H and O–H groups in total. The Balaban J connectivity index is 1.61. The van der Waals surface area contributed by atoms with Crippen molar-refractivity contribution < 1.29 is 23.4 Å². The number of hydrogen-bond acceptors (Lipinski definition) is 4. The van der Waals surface area contributed by atoms with Gasteiger partial charge in [-0.3, -0.25) is 4.79 Å². The third-order valence-corrected chi connectivity index (χ3v) is 3.52. The van der Waals surface area contributed by atoms with Gasteiger partial charge in [-0.25, -0.2) is 4.39 Å². The second-order valence-corrected chi connectivity index (χ2v) is 5.10. The van der Waals surface area contributed by atoms with E-state index in [0.29, 0.717) is 29.4 Å². The van der Waals surface area contributed by atoms with Crippen LogP contribution in [0.1, 0.15) is 11.1 Å². The Morgan fingerprint density at radius 1 is 1.22 bits per heavy atom. The Labute approximate surface area is 133 Å². The Hall–Kier alpha value is -2.76. The third kappa shape index (κ3) is 3.53. The van der Waals surface area contributed by atoms with Gasteiger partial charge in [0, 0.05) is 12.1 Å². The standard InChI is InChI=1S/C17H16FNO4/c1-21-14-5-3-13(18)7-12(14)8-17(20)19-9-11-2-4-15-16(6-11)23-10-22-15/h2-7H,8-10H2,1H3,(H,19,20). The summed E-state index contributed by atoms with van der Waals surface area (Å²) in [5.41, 5.74) is 1.41. The lowest BCUT2D eigenvalue weighted by atomic mass is 10.1. The summed E-state index contributed by atoms with van der Waals surface area (Å²) in [7, 11) is 1.49. The van der Waals surface area contributed by atoms with E-state index in [1.165, 1.54) is 25.3 Å². The van der Waals surface area contributed by atoms with Gasteiger partial charge < -0.3 is 19.5 Å². The number of halogens is 1. The lowest BCUT2D eigenvalue weighted by molar-refractivity contribution is -0.120. The second kappa shape index (κ2) is 6.56. The molecule has 0 fully saturated rings. The molecule has 0 spiro atoms. The summed E-state index contributed by atoms with van der Waals surface area (Å²) in [4.78, 5) is 12.1. The number of amides is 1. The van der Waals surface area contributed by atoms with Gasteiger partial charge in [-0.05, 0) is 35.9 Å². The van der Waals surface area contributed by atoms with Gasteiger partial charge in [0.05, 0.1) is 13.5 Å². The molecule has 1 amide bonds. The Bertz CT molecular complexity index is 733. The van der Waals surface area contributed by atoms with Crippen molar-refractivity contribution in [2.45, 2.75) is 13.0 Å². The van der Waals surface area contributed by atoms with Crippen LogP contribution in [0.25, 0.3) is 0 Å². The fraction of sp³-hybridized carbons (Fsp3) is 0.235. The zero-order valence-corrected chi connectivity index (χ0v) is 12.6. The lowest BCUT2D eigenvalue weighted by Crippen LogP contribution is -2.24. The fourth-order valence-electron chi connectivity index (χ4n) is 2.37. The summed E-state index contributed by atoms with van der Waals surface area (Å²) in [5, 5.41) is 2.80. The molecular weight excluding hydrogens is 301 g/mol. The van der Waals surface area contributed by atoms with Crippen molar-refractivity contribution in [2.75, 3.05) is 13.9 Å². The van der Waals surface area contributed by atoms with Gasteiger partial charge in [0.15, 0.2) is 11.5 Å². The van der Waals surface area contributed by atoms with Crippen molar-refractivity contribution in [3.8, 4) is 17.2 Å². The van der Waals surface area contributed by atoms with E-state index in [9.17, 15) is 9.18 Å². The van der Waals surface area contributed by atoms with Gasteiger partial charge in [-0.2, -0.15) is 0 Å². The van der Waals surface area contributed by atoms with Crippen LogP contribution in [0, 0.1) is 5.82 Å². The van der Waals surface area contributed by atoms with E-state index in [-0.39, 0.29) is 19.1 Å². The van der Waals surface area contributed by atoms with Crippen LogP contribution in [0.2, 0.25) is 0 Å². The average molecular weight is 317 g/mol. The zero-order valence-electron chi connectivity index (χ0n) is 12.6. The highest BCUT2D eigenvalue weighted by Crippen LogP contribution is 2.32. The molecule has 0 aliphatic carbocycles. The highest BCUT2D eigenvalue weighted by Gasteiger charge is 2.14. The number of rotatable bonds is 5. The molecule has 23 heavy (non-hydrogen) atoms. The molecule has 0 saturated heterocycles. The SMILES string of the molecule is COc1ccc(F)cc1CC(=O)NCc1ccc2c(c1)OCO2. The summed E-state index contributed by atoms with van der Waals surface area (Å²) in [6, 6.07) is 9.60. The molecule has 2 aromatic carbocycles. The molecule has 1 aliphatic heterocycles. The highest BCUT2D eigenvalue weighted by atomic mass is 19.1. The topological polar surface area (TPSA) is 56.8 Å². The second-order valence-electron chi connectivity index (χ2n) is 5.10. The van der Waals surface area contributed by atoms with Crippen LogP contribution >= 0.6 is 0 Å². The number of hydrogen-bond donors (Lipinski definition) is 1. The highest BCUT2D eigenvalue weighted by molar-refractivity contribution is 5.79. The minimum absolute atomic E-state index is 0.0471. The molecule has 6 heteroatoms. The number of carbonyl (C=O) groups excluding carboxylic acids is 1. The fourth-order valence-corrected chi connectivity index (χ4v) is 2.37. The van der Waals surface area contributed by atoms with Gasteiger partial charge in [0.1, 0.15) is 11.6 Å². The minimum atomic E-state index is -0.399. The van der Waals surface area contributed by atoms with Gasteiger partial charge >= 0.3 is 0 Å². The molecule has 5 nitrogen and oxygen atoms in total. The van der Waals surface area contributed by atoms with Crippen molar-refractivity contribution >= 4 is 5.91 Å². The molecule has 120 valence electrons.